The third-order valence-electron chi connectivity index (χ3n) is 2.62. The van der Waals surface area contributed by atoms with Gasteiger partial charge in [-0.25, -0.2) is 15.4 Å². The molecule has 0 fully saturated rings. The number of ether oxygens (including phenoxy) is 1. The Hall–Kier alpha value is -1.21. The molecule has 19 heavy (non-hydrogen) atoms. The molecule has 0 spiro atoms. The molecule has 7 heteroatoms. The largest absolute Gasteiger partial charge is 0.481 e. The number of hydrogen-bond donors (Lipinski definition) is 2. The highest BCUT2D eigenvalue weighted by molar-refractivity contribution is 9.10. The lowest BCUT2D eigenvalue weighted by atomic mass is 10.0. The average Bonchev–Trinajstić information content (AvgIpc) is 2.43. The fourth-order valence-electron chi connectivity index (χ4n) is 1.73. The third kappa shape index (κ3) is 3.03. The molecule has 0 radical (unpaired) electrons. The van der Waals surface area contributed by atoms with Gasteiger partial charge in [-0.15, -0.1) is 0 Å². The number of nitrogens with two attached hydrogens (primary N) is 1. The summed E-state index contributed by atoms with van der Waals surface area (Å²) in [5.41, 5.74) is 4.19. The van der Waals surface area contributed by atoms with Crippen LogP contribution in [0.25, 0.3) is 0 Å². The number of nitrogens with one attached hydrogen (secondary N) is 1. The van der Waals surface area contributed by atoms with Crippen LogP contribution in [-0.4, -0.2) is 17.1 Å². The Labute approximate surface area is 124 Å². The van der Waals surface area contributed by atoms with Crippen molar-refractivity contribution in [3.63, 3.8) is 0 Å². The van der Waals surface area contributed by atoms with E-state index in [0.29, 0.717) is 16.6 Å². The zero-order chi connectivity index (χ0) is 13.8. The topological polar surface area (TPSA) is 73.1 Å². The Morgan fingerprint density at radius 1 is 1.42 bits per heavy atom. The second-order valence-electron chi connectivity index (χ2n) is 3.72. The molecule has 1 unspecified atom stereocenters. The van der Waals surface area contributed by atoms with Gasteiger partial charge in [0.1, 0.15) is 6.33 Å². The first-order valence-electron chi connectivity index (χ1n) is 5.43. The van der Waals surface area contributed by atoms with Crippen LogP contribution in [0.4, 0.5) is 0 Å². The van der Waals surface area contributed by atoms with Crippen molar-refractivity contribution in [3.05, 3.63) is 51.3 Å². The van der Waals surface area contributed by atoms with Crippen LogP contribution in [0.15, 0.2) is 35.1 Å². The summed E-state index contributed by atoms with van der Waals surface area (Å²) in [6.07, 6.45) is 1.42. The van der Waals surface area contributed by atoms with Crippen molar-refractivity contribution in [1.82, 2.24) is 15.4 Å². The van der Waals surface area contributed by atoms with Crippen LogP contribution >= 0.6 is 27.5 Å². The molecule has 0 saturated heterocycles. The fourth-order valence-corrected chi connectivity index (χ4v) is 2.72. The van der Waals surface area contributed by atoms with Crippen LogP contribution < -0.4 is 16.0 Å². The SMILES string of the molecule is COc1cc(C(NN)c2c(Cl)cccc2Br)ncn1. The van der Waals surface area contributed by atoms with Crippen molar-refractivity contribution >= 4 is 27.5 Å². The van der Waals surface area contributed by atoms with E-state index in [-0.39, 0.29) is 6.04 Å². The van der Waals surface area contributed by atoms with Gasteiger partial charge < -0.3 is 4.74 Å². The number of halogens is 2. The van der Waals surface area contributed by atoms with E-state index in [1.807, 2.05) is 12.1 Å². The van der Waals surface area contributed by atoms with E-state index in [1.165, 1.54) is 6.33 Å². The number of nitrogens with zero attached hydrogens (tertiary/aromatic N) is 2. The van der Waals surface area contributed by atoms with Gasteiger partial charge in [0, 0.05) is 21.1 Å². The maximum Gasteiger partial charge on any atom is 0.216 e. The Kier molecular flexibility index (Phi) is 4.71. The Bertz CT molecular complexity index is 561. The predicted molar refractivity (Wildman–Crippen MR) is 76.9 cm³/mol. The van der Waals surface area contributed by atoms with Gasteiger partial charge in [-0.3, -0.25) is 5.84 Å². The van der Waals surface area contributed by atoms with Crippen LogP contribution in [-0.2, 0) is 0 Å². The molecule has 2 aromatic rings. The van der Waals surface area contributed by atoms with Crippen molar-refractivity contribution in [2.45, 2.75) is 6.04 Å². The molecule has 0 amide bonds. The van der Waals surface area contributed by atoms with E-state index in [9.17, 15) is 0 Å². The number of hydrogen-bond acceptors (Lipinski definition) is 5. The lowest BCUT2D eigenvalue weighted by Crippen LogP contribution is -2.30. The van der Waals surface area contributed by atoms with Gasteiger partial charge in [-0.2, -0.15) is 0 Å². The number of rotatable bonds is 4. The Morgan fingerprint density at radius 3 is 2.84 bits per heavy atom. The van der Waals surface area contributed by atoms with Crippen molar-refractivity contribution in [2.24, 2.45) is 5.84 Å². The van der Waals surface area contributed by atoms with Crippen molar-refractivity contribution < 1.29 is 4.74 Å². The lowest BCUT2D eigenvalue weighted by Gasteiger charge is -2.18. The third-order valence-corrected chi connectivity index (χ3v) is 3.64. The zero-order valence-corrected chi connectivity index (χ0v) is 12.4. The molecule has 0 aliphatic rings. The molecule has 0 bridgehead atoms. The summed E-state index contributed by atoms with van der Waals surface area (Å²) in [6, 6.07) is 6.89. The summed E-state index contributed by atoms with van der Waals surface area (Å²) in [5.74, 6) is 6.10. The molecule has 0 saturated carbocycles. The highest BCUT2D eigenvalue weighted by atomic mass is 79.9. The van der Waals surface area contributed by atoms with Crippen molar-refractivity contribution in [1.29, 1.82) is 0 Å². The minimum Gasteiger partial charge on any atom is -0.481 e. The van der Waals surface area contributed by atoms with E-state index < -0.39 is 0 Å². The molecule has 2 rings (SSSR count). The van der Waals surface area contributed by atoms with E-state index >= 15 is 0 Å². The predicted octanol–water partition coefficient (Wildman–Crippen LogP) is 2.45. The van der Waals surface area contributed by atoms with Gasteiger partial charge in [-0.1, -0.05) is 33.6 Å². The van der Waals surface area contributed by atoms with Gasteiger partial charge in [0.05, 0.1) is 18.8 Å². The zero-order valence-electron chi connectivity index (χ0n) is 10.1. The molecule has 0 aliphatic carbocycles. The summed E-state index contributed by atoms with van der Waals surface area (Å²) in [6.45, 7) is 0. The lowest BCUT2D eigenvalue weighted by molar-refractivity contribution is 0.395. The molecule has 0 aliphatic heterocycles. The first-order chi connectivity index (χ1) is 9.17. The van der Waals surface area contributed by atoms with Gasteiger partial charge in [0.25, 0.3) is 0 Å². The maximum absolute atomic E-state index is 6.23. The maximum atomic E-state index is 6.23. The summed E-state index contributed by atoms with van der Waals surface area (Å²) >= 11 is 9.69. The smallest absolute Gasteiger partial charge is 0.216 e. The second-order valence-corrected chi connectivity index (χ2v) is 4.98. The van der Waals surface area contributed by atoms with Gasteiger partial charge >= 0.3 is 0 Å². The average molecular weight is 344 g/mol. The summed E-state index contributed by atoms with van der Waals surface area (Å²) < 4.78 is 5.93. The van der Waals surface area contributed by atoms with Crippen LogP contribution in [0.3, 0.4) is 0 Å². The quantitative estimate of drug-likeness (QED) is 0.659. The van der Waals surface area contributed by atoms with Crippen LogP contribution in [0.5, 0.6) is 5.88 Å². The molecule has 1 aromatic heterocycles. The first kappa shape index (κ1) is 14.2. The highest BCUT2D eigenvalue weighted by Crippen LogP contribution is 2.33. The summed E-state index contributed by atoms with van der Waals surface area (Å²) in [5, 5.41) is 0.593. The molecule has 1 aromatic carbocycles. The van der Waals surface area contributed by atoms with E-state index in [0.717, 1.165) is 10.0 Å². The van der Waals surface area contributed by atoms with E-state index in [4.69, 9.17) is 22.2 Å². The Morgan fingerprint density at radius 2 is 2.21 bits per heavy atom. The second kappa shape index (κ2) is 6.29. The van der Waals surface area contributed by atoms with E-state index in [1.54, 1.807) is 19.2 Å². The minimum atomic E-state index is -0.361. The molecule has 5 nitrogen and oxygen atoms in total. The number of methoxy groups -OCH3 is 1. The number of hydrazine groups is 1. The molecular formula is C12H12BrClN4O. The monoisotopic (exact) mass is 342 g/mol. The molecule has 1 heterocycles. The molecule has 1 atom stereocenters. The number of aromatic nitrogens is 2. The van der Waals surface area contributed by atoms with Gasteiger partial charge in [-0.05, 0) is 12.1 Å². The summed E-state index contributed by atoms with van der Waals surface area (Å²) in [4.78, 5) is 8.17. The standard InChI is InChI=1S/C12H12BrClN4O/c1-19-10-5-9(16-6-17-10)12(18-15)11-7(13)3-2-4-8(11)14/h2-6,12,18H,15H2,1H3. The van der Waals surface area contributed by atoms with Crippen LogP contribution in [0, 0.1) is 0 Å². The summed E-state index contributed by atoms with van der Waals surface area (Å²) in [7, 11) is 1.54. The normalized spacial score (nSPS) is 12.2. The van der Waals surface area contributed by atoms with E-state index in [2.05, 4.69) is 31.3 Å². The van der Waals surface area contributed by atoms with Crippen molar-refractivity contribution in [3.8, 4) is 5.88 Å². The van der Waals surface area contributed by atoms with Crippen LogP contribution in [0.1, 0.15) is 17.3 Å². The Balaban J connectivity index is 2.50. The first-order valence-corrected chi connectivity index (χ1v) is 6.60. The minimum absolute atomic E-state index is 0.361. The van der Waals surface area contributed by atoms with Gasteiger partial charge in [0.2, 0.25) is 5.88 Å². The van der Waals surface area contributed by atoms with Crippen molar-refractivity contribution in [2.75, 3.05) is 7.11 Å². The molecule has 3 N–H and O–H groups in total. The highest BCUT2D eigenvalue weighted by Gasteiger charge is 2.20. The van der Waals surface area contributed by atoms with Crippen LogP contribution in [0.2, 0.25) is 5.02 Å². The molecule has 100 valence electrons. The fraction of sp³-hybridized carbons (Fsp3) is 0.167. The molecular weight excluding hydrogens is 332 g/mol. The van der Waals surface area contributed by atoms with Gasteiger partial charge in [0.15, 0.2) is 0 Å². The number of benzene rings is 1.